The molecule has 4 nitrogen and oxygen atoms in total. The molecule has 0 fully saturated rings. The van der Waals surface area contributed by atoms with Gasteiger partial charge in [0.1, 0.15) is 5.82 Å². The zero-order valence-corrected chi connectivity index (χ0v) is 10.2. The van der Waals surface area contributed by atoms with Crippen LogP contribution in [0.15, 0.2) is 23.1 Å². The van der Waals surface area contributed by atoms with E-state index < -0.39 is 0 Å². The predicted molar refractivity (Wildman–Crippen MR) is 66.9 cm³/mol. The molecule has 0 radical (unpaired) electrons. The van der Waals surface area contributed by atoms with Crippen LogP contribution < -0.4 is 5.56 Å². The molecule has 0 aromatic carbocycles. The van der Waals surface area contributed by atoms with E-state index in [1.807, 2.05) is 26.0 Å². The summed E-state index contributed by atoms with van der Waals surface area (Å²) in [6.07, 6.45) is 2.46. The van der Waals surface area contributed by atoms with Crippen molar-refractivity contribution in [2.75, 3.05) is 0 Å². The van der Waals surface area contributed by atoms with E-state index in [0.29, 0.717) is 17.8 Å². The van der Waals surface area contributed by atoms with Gasteiger partial charge in [-0.2, -0.15) is 0 Å². The van der Waals surface area contributed by atoms with Crippen LogP contribution in [0.25, 0.3) is 11.3 Å². The van der Waals surface area contributed by atoms with Crippen molar-refractivity contribution in [3.8, 4) is 11.3 Å². The number of hydrogen-bond acceptors (Lipinski definition) is 3. The van der Waals surface area contributed by atoms with Gasteiger partial charge in [-0.3, -0.25) is 9.78 Å². The minimum absolute atomic E-state index is 0.0765. The van der Waals surface area contributed by atoms with Crippen molar-refractivity contribution in [3.63, 3.8) is 0 Å². The van der Waals surface area contributed by atoms with E-state index in [0.717, 1.165) is 17.0 Å². The average molecular weight is 229 g/mol. The highest BCUT2D eigenvalue weighted by Gasteiger charge is 2.09. The maximum atomic E-state index is 11.7. The van der Waals surface area contributed by atoms with Crippen LogP contribution in [0.2, 0.25) is 0 Å². The standard InChI is InChI=1S/C13H15N3O/c1-4-11-15-12(9(3)13(17)16-11)10-6-5-8(2)14-7-10/h5-7H,4H2,1-3H3,(H,15,16,17). The fourth-order valence-electron chi connectivity index (χ4n) is 1.64. The monoisotopic (exact) mass is 229 g/mol. The fourth-order valence-corrected chi connectivity index (χ4v) is 1.64. The van der Waals surface area contributed by atoms with E-state index >= 15 is 0 Å². The molecule has 17 heavy (non-hydrogen) atoms. The third-order valence-electron chi connectivity index (χ3n) is 2.72. The van der Waals surface area contributed by atoms with Crippen molar-refractivity contribution in [1.29, 1.82) is 0 Å². The normalized spacial score (nSPS) is 10.5. The van der Waals surface area contributed by atoms with Gasteiger partial charge in [0.2, 0.25) is 0 Å². The van der Waals surface area contributed by atoms with Crippen LogP contribution in [-0.4, -0.2) is 15.0 Å². The smallest absolute Gasteiger partial charge is 0.254 e. The second-order valence-electron chi connectivity index (χ2n) is 4.03. The molecule has 0 aliphatic rings. The van der Waals surface area contributed by atoms with Crippen molar-refractivity contribution in [2.45, 2.75) is 27.2 Å². The van der Waals surface area contributed by atoms with Crippen LogP contribution in [0.1, 0.15) is 24.0 Å². The molecule has 2 heterocycles. The third kappa shape index (κ3) is 2.25. The van der Waals surface area contributed by atoms with Crippen molar-refractivity contribution in [1.82, 2.24) is 15.0 Å². The quantitative estimate of drug-likeness (QED) is 0.857. The number of rotatable bonds is 2. The molecule has 2 aromatic heterocycles. The first-order valence-electron chi connectivity index (χ1n) is 5.64. The second-order valence-corrected chi connectivity index (χ2v) is 4.03. The molecule has 0 saturated carbocycles. The maximum absolute atomic E-state index is 11.7. The van der Waals surface area contributed by atoms with Gasteiger partial charge in [0.25, 0.3) is 5.56 Å². The molecule has 0 spiro atoms. The van der Waals surface area contributed by atoms with Crippen molar-refractivity contribution < 1.29 is 0 Å². The molecule has 2 aromatic rings. The maximum Gasteiger partial charge on any atom is 0.254 e. The van der Waals surface area contributed by atoms with Gasteiger partial charge in [-0.15, -0.1) is 0 Å². The Balaban J connectivity index is 2.62. The Morgan fingerprint density at radius 3 is 2.65 bits per heavy atom. The summed E-state index contributed by atoms with van der Waals surface area (Å²) < 4.78 is 0. The first kappa shape index (κ1) is 11.5. The topological polar surface area (TPSA) is 58.6 Å². The van der Waals surface area contributed by atoms with Gasteiger partial charge in [-0.05, 0) is 26.0 Å². The number of aryl methyl sites for hydroxylation is 2. The Kier molecular flexibility index (Phi) is 3.04. The van der Waals surface area contributed by atoms with Crippen LogP contribution in [-0.2, 0) is 6.42 Å². The zero-order valence-electron chi connectivity index (χ0n) is 10.2. The summed E-state index contributed by atoms with van der Waals surface area (Å²) in [7, 11) is 0. The van der Waals surface area contributed by atoms with E-state index in [1.165, 1.54) is 0 Å². The lowest BCUT2D eigenvalue weighted by Crippen LogP contribution is -2.15. The molecule has 0 bridgehead atoms. The van der Waals surface area contributed by atoms with Crippen LogP contribution in [0.4, 0.5) is 0 Å². The number of pyridine rings is 1. The van der Waals surface area contributed by atoms with Crippen molar-refractivity contribution >= 4 is 0 Å². The highest BCUT2D eigenvalue weighted by molar-refractivity contribution is 5.61. The van der Waals surface area contributed by atoms with Gasteiger partial charge < -0.3 is 4.98 Å². The summed E-state index contributed by atoms with van der Waals surface area (Å²) in [4.78, 5) is 23.2. The van der Waals surface area contributed by atoms with E-state index in [1.54, 1.807) is 13.1 Å². The Morgan fingerprint density at radius 1 is 1.29 bits per heavy atom. The average Bonchev–Trinajstić information content (AvgIpc) is 2.34. The number of hydrogen-bond donors (Lipinski definition) is 1. The summed E-state index contributed by atoms with van der Waals surface area (Å²) in [5.41, 5.74) is 3.11. The van der Waals surface area contributed by atoms with Gasteiger partial charge in [-0.1, -0.05) is 6.92 Å². The zero-order chi connectivity index (χ0) is 12.4. The first-order valence-corrected chi connectivity index (χ1v) is 5.64. The SMILES string of the molecule is CCc1nc(-c2ccc(C)nc2)c(C)c(=O)[nH]1. The van der Waals surface area contributed by atoms with Crippen molar-refractivity contribution in [2.24, 2.45) is 0 Å². The van der Waals surface area contributed by atoms with E-state index in [-0.39, 0.29) is 5.56 Å². The van der Waals surface area contributed by atoms with E-state index in [9.17, 15) is 4.79 Å². The Hall–Kier alpha value is -1.97. The number of aromatic nitrogens is 3. The van der Waals surface area contributed by atoms with Gasteiger partial charge in [0, 0.05) is 29.4 Å². The number of H-pyrrole nitrogens is 1. The molecule has 0 saturated heterocycles. The summed E-state index contributed by atoms with van der Waals surface area (Å²) in [6.45, 7) is 5.67. The summed E-state index contributed by atoms with van der Waals surface area (Å²) in [6, 6.07) is 3.86. The van der Waals surface area contributed by atoms with E-state index in [2.05, 4.69) is 15.0 Å². The van der Waals surface area contributed by atoms with Crippen LogP contribution in [0, 0.1) is 13.8 Å². The molecule has 0 atom stereocenters. The summed E-state index contributed by atoms with van der Waals surface area (Å²) in [5.74, 6) is 0.705. The number of nitrogens with one attached hydrogen (secondary N) is 1. The largest absolute Gasteiger partial charge is 0.310 e. The predicted octanol–water partition coefficient (Wildman–Crippen LogP) is 2.01. The van der Waals surface area contributed by atoms with Gasteiger partial charge >= 0.3 is 0 Å². The van der Waals surface area contributed by atoms with Crippen LogP contribution in [0.3, 0.4) is 0 Å². The molecule has 4 heteroatoms. The highest BCUT2D eigenvalue weighted by atomic mass is 16.1. The lowest BCUT2D eigenvalue weighted by atomic mass is 10.1. The molecule has 0 aliphatic carbocycles. The lowest BCUT2D eigenvalue weighted by Gasteiger charge is -2.06. The molecule has 0 unspecified atom stereocenters. The van der Waals surface area contributed by atoms with Gasteiger partial charge in [0.05, 0.1) is 5.69 Å². The van der Waals surface area contributed by atoms with Gasteiger partial charge in [-0.25, -0.2) is 4.98 Å². The Labute approximate surface area is 99.8 Å². The van der Waals surface area contributed by atoms with Crippen LogP contribution in [0.5, 0.6) is 0 Å². The minimum atomic E-state index is -0.0765. The van der Waals surface area contributed by atoms with Crippen molar-refractivity contribution in [3.05, 3.63) is 45.8 Å². The molecular weight excluding hydrogens is 214 g/mol. The molecule has 1 N–H and O–H groups in total. The molecule has 0 amide bonds. The second kappa shape index (κ2) is 4.49. The van der Waals surface area contributed by atoms with Gasteiger partial charge in [0.15, 0.2) is 0 Å². The first-order chi connectivity index (χ1) is 8.11. The lowest BCUT2D eigenvalue weighted by molar-refractivity contribution is 0.911. The molecule has 0 aliphatic heterocycles. The summed E-state index contributed by atoms with van der Waals surface area (Å²) in [5, 5.41) is 0. The third-order valence-corrected chi connectivity index (χ3v) is 2.72. The summed E-state index contributed by atoms with van der Waals surface area (Å²) >= 11 is 0. The molecule has 2 rings (SSSR count). The Morgan fingerprint density at radius 2 is 2.06 bits per heavy atom. The molecule has 88 valence electrons. The molecular formula is C13H15N3O. The highest BCUT2D eigenvalue weighted by Crippen LogP contribution is 2.17. The fraction of sp³-hybridized carbons (Fsp3) is 0.308. The number of aromatic amines is 1. The number of nitrogens with zero attached hydrogens (tertiary/aromatic N) is 2. The minimum Gasteiger partial charge on any atom is -0.310 e. The Bertz CT molecular complexity index is 585. The van der Waals surface area contributed by atoms with E-state index in [4.69, 9.17) is 0 Å². The van der Waals surface area contributed by atoms with Crippen LogP contribution >= 0.6 is 0 Å².